The molecule has 1 saturated carbocycles. The molecule has 1 aliphatic carbocycles. The molecule has 1 aliphatic rings. The van der Waals surface area contributed by atoms with Gasteiger partial charge in [0.2, 0.25) is 0 Å². The van der Waals surface area contributed by atoms with Crippen LogP contribution in [0.25, 0.3) is 22.2 Å². The second kappa shape index (κ2) is 5.76. The fraction of sp³-hybridized carbons (Fsp3) is 0.294. The van der Waals surface area contributed by atoms with Crippen molar-refractivity contribution >= 4 is 22.4 Å². The molecule has 1 fully saturated rings. The Kier molecular flexibility index (Phi) is 3.57. The highest BCUT2D eigenvalue weighted by Crippen LogP contribution is 2.33. The summed E-state index contributed by atoms with van der Waals surface area (Å²) in [7, 11) is 0. The minimum Gasteiger partial charge on any atom is -0.393 e. The molecule has 1 aromatic carbocycles. The zero-order valence-electron chi connectivity index (χ0n) is 13.0. The van der Waals surface area contributed by atoms with Gasteiger partial charge in [0.15, 0.2) is 0 Å². The van der Waals surface area contributed by atoms with E-state index in [1.54, 1.807) is 24.4 Å². The number of hydrogen-bond acceptors (Lipinski definition) is 5. The molecule has 24 heavy (non-hydrogen) atoms. The van der Waals surface area contributed by atoms with Gasteiger partial charge in [-0.05, 0) is 37.5 Å². The molecule has 0 aliphatic heterocycles. The Balaban J connectivity index is 1.79. The van der Waals surface area contributed by atoms with Gasteiger partial charge in [0, 0.05) is 23.9 Å². The van der Waals surface area contributed by atoms with Crippen molar-refractivity contribution in [2.24, 2.45) is 0 Å². The Morgan fingerprint density at radius 3 is 2.88 bits per heavy atom. The van der Waals surface area contributed by atoms with Crippen LogP contribution in [0.3, 0.4) is 0 Å². The molecule has 0 spiro atoms. The lowest BCUT2D eigenvalue weighted by Crippen LogP contribution is -2.17. The first kappa shape index (κ1) is 14.9. The van der Waals surface area contributed by atoms with Crippen LogP contribution in [0, 0.1) is 5.82 Å². The SMILES string of the molecule is Nc1cc(NC2CCC(O)C2)c2c(F)cc(-c3ccn[nH]3)cc2n1. The largest absolute Gasteiger partial charge is 0.393 e. The van der Waals surface area contributed by atoms with Gasteiger partial charge in [0.25, 0.3) is 0 Å². The van der Waals surface area contributed by atoms with Gasteiger partial charge >= 0.3 is 0 Å². The Morgan fingerprint density at radius 2 is 2.17 bits per heavy atom. The number of nitrogens with two attached hydrogens (primary N) is 1. The molecular formula is C17H18FN5O. The minimum atomic E-state index is -0.370. The van der Waals surface area contributed by atoms with Crippen LogP contribution in [0.15, 0.2) is 30.5 Å². The summed E-state index contributed by atoms with van der Waals surface area (Å²) in [6.45, 7) is 0. The molecule has 0 amide bonds. The molecule has 3 aromatic rings. The number of rotatable bonds is 3. The second-order valence-electron chi connectivity index (χ2n) is 6.23. The van der Waals surface area contributed by atoms with Crippen molar-refractivity contribution in [1.29, 1.82) is 0 Å². The predicted octanol–water partition coefficient (Wildman–Crippen LogP) is 2.67. The smallest absolute Gasteiger partial charge is 0.135 e. The molecule has 4 rings (SSSR count). The number of nitrogens with one attached hydrogen (secondary N) is 2. The number of aromatic amines is 1. The lowest BCUT2D eigenvalue weighted by molar-refractivity contribution is 0.182. The first-order valence-corrected chi connectivity index (χ1v) is 7.94. The van der Waals surface area contributed by atoms with E-state index in [2.05, 4.69) is 20.5 Å². The fourth-order valence-corrected chi connectivity index (χ4v) is 3.33. The standard InChI is InChI=1S/C17H18FN5O/c18-12-5-9(13-3-4-20-23-13)6-14-17(12)15(8-16(19)22-14)21-10-1-2-11(24)7-10/h3-6,8,10-11,24H,1-2,7H2,(H,20,23)(H3,19,21,22). The second-order valence-corrected chi connectivity index (χ2v) is 6.23. The van der Waals surface area contributed by atoms with Gasteiger partial charge in [-0.3, -0.25) is 5.10 Å². The average molecular weight is 327 g/mol. The molecule has 2 unspecified atom stereocenters. The predicted molar refractivity (Wildman–Crippen MR) is 91.0 cm³/mol. The van der Waals surface area contributed by atoms with Gasteiger partial charge < -0.3 is 16.2 Å². The van der Waals surface area contributed by atoms with Gasteiger partial charge in [-0.2, -0.15) is 5.10 Å². The molecule has 0 saturated heterocycles. The van der Waals surface area contributed by atoms with Crippen LogP contribution in [0.2, 0.25) is 0 Å². The van der Waals surface area contributed by atoms with Gasteiger partial charge in [-0.15, -0.1) is 0 Å². The van der Waals surface area contributed by atoms with E-state index in [-0.39, 0.29) is 18.0 Å². The Hall–Kier alpha value is -2.67. The number of pyridine rings is 1. The number of nitrogen functional groups attached to an aromatic ring is 1. The number of hydrogen-bond donors (Lipinski definition) is 4. The number of aliphatic hydroxyl groups is 1. The van der Waals surface area contributed by atoms with E-state index < -0.39 is 0 Å². The normalized spacial score (nSPS) is 20.6. The topological polar surface area (TPSA) is 99.9 Å². The van der Waals surface area contributed by atoms with E-state index in [0.29, 0.717) is 40.1 Å². The maximum atomic E-state index is 14.8. The lowest BCUT2D eigenvalue weighted by Gasteiger charge is -2.17. The van der Waals surface area contributed by atoms with E-state index in [0.717, 1.165) is 12.8 Å². The number of aromatic nitrogens is 3. The van der Waals surface area contributed by atoms with Crippen LogP contribution in [0.5, 0.6) is 0 Å². The lowest BCUT2D eigenvalue weighted by atomic mass is 10.1. The molecule has 6 nitrogen and oxygen atoms in total. The highest BCUT2D eigenvalue weighted by atomic mass is 19.1. The zero-order chi connectivity index (χ0) is 16.7. The fourth-order valence-electron chi connectivity index (χ4n) is 3.33. The molecular weight excluding hydrogens is 309 g/mol. The molecule has 2 heterocycles. The van der Waals surface area contributed by atoms with Gasteiger partial charge in [0.05, 0.1) is 28.4 Å². The summed E-state index contributed by atoms with van der Waals surface area (Å²) in [6.07, 6.45) is 3.56. The van der Waals surface area contributed by atoms with Crippen molar-refractivity contribution in [2.75, 3.05) is 11.1 Å². The van der Waals surface area contributed by atoms with Gasteiger partial charge in [-0.1, -0.05) is 0 Å². The van der Waals surface area contributed by atoms with Crippen molar-refractivity contribution in [1.82, 2.24) is 15.2 Å². The summed E-state index contributed by atoms with van der Waals surface area (Å²) >= 11 is 0. The number of aliphatic hydroxyl groups excluding tert-OH is 1. The van der Waals surface area contributed by atoms with Crippen LogP contribution in [-0.4, -0.2) is 32.4 Å². The number of benzene rings is 1. The van der Waals surface area contributed by atoms with Crippen LogP contribution in [0.1, 0.15) is 19.3 Å². The molecule has 2 aromatic heterocycles. The van der Waals surface area contributed by atoms with Crippen LogP contribution >= 0.6 is 0 Å². The van der Waals surface area contributed by atoms with Crippen molar-refractivity contribution in [2.45, 2.75) is 31.4 Å². The summed E-state index contributed by atoms with van der Waals surface area (Å²) in [5.41, 5.74) is 8.39. The Labute approximate surface area is 137 Å². The number of anilines is 2. The summed E-state index contributed by atoms with van der Waals surface area (Å²) in [5, 5.41) is 20.1. The van der Waals surface area contributed by atoms with Crippen molar-refractivity contribution in [3.05, 3.63) is 36.3 Å². The monoisotopic (exact) mass is 327 g/mol. The van der Waals surface area contributed by atoms with E-state index >= 15 is 0 Å². The highest BCUT2D eigenvalue weighted by Gasteiger charge is 2.24. The summed E-state index contributed by atoms with van der Waals surface area (Å²) in [4.78, 5) is 4.27. The third-order valence-electron chi connectivity index (χ3n) is 4.46. The van der Waals surface area contributed by atoms with E-state index in [1.165, 1.54) is 6.07 Å². The number of halogens is 1. The third-order valence-corrected chi connectivity index (χ3v) is 4.46. The van der Waals surface area contributed by atoms with Crippen molar-refractivity contribution in [3.8, 4) is 11.3 Å². The minimum absolute atomic E-state index is 0.108. The van der Waals surface area contributed by atoms with Crippen LogP contribution < -0.4 is 11.1 Å². The van der Waals surface area contributed by atoms with E-state index in [9.17, 15) is 9.50 Å². The molecule has 0 radical (unpaired) electrons. The maximum Gasteiger partial charge on any atom is 0.135 e. The molecule has 2 atom stereocenters. The number of fused-ring (bicyclic) bond motifs is 1. The van der Waals surface area contributed by atoms with E-state index in [4.69, 9.17) is 5.73 Å². The van der Waals surface area contributed by atoms with Crippen LogP contribution in [0.4, 0.5) is 15.9 Å². The number of nitrogens with zero attached hydrogens (tertiary/aromatic N) is 2. The first-order chi connectivity index (χ1) is 11.6. The Morgan fingerprint density at radius 1 is 1.29 bits per heavy atom. The van der Waals surface area contributed by atoms with Gasteiger partial charge in [0.1, 0.15) is 11.6 Å². The quantitative estimate of drug-likeness (QED) is 0.593. The molecule has 124 valence electrons. The summed E-state index contributed by atoms with van der Waals surface area (Å²) in [6, 6.07) is 6.77. The van der Waals surface area contributed by atoms with E-state index in [1.807, 2.05) is 0 Å². The van der Waals surface area contributed by atoms with Crippen molar-refractivity contribution < 1.29 is 9.50 Å². The summed E-state index contributed by atoms with van der Waals surface area (Å²) in [5.74, 6) is -0.0460. The molecule has 0 bridgehead atoms. The maximum absolute atomic E-state index is 14.8. The van der Waals surface area contributed by atoms with Crippen LogP contribution in [-0.2, 0) is 0 Å². The third kappa shape index (κ3) is 2.67. The average Bonchev–Trinajstić information content (AvgIpc) is 3.18. The highest BCUT2D eigenvalue weighted by molar-refractivity contribution is 5.95. The van der Waals surface area contributed by atoms with Gasteiger partial charge in [-0.25, -0.2) is 9.37 Å². The molecule has 7 heteroatoms. The molecule has 5 N–H and O–H groups in total. The Bertz CT molecular complexity index is 880. The summed E-state index contributed by atoms with van der Waals surface area (Å²) < 4.78 is 14.8. The zero-order valence-corrected chi connectivity index (χ0v) is 13.0. The van der Waals surface area contributed by atoms with Crippen molar-refractivity contribution in [3.63, 3.8) is 0 Å². The number of H-pyrrole nitrogens is 1. The first-order valence-electron chi connectivity index (χ1n) is 7.94.